The van der Waals surface area contributed by atoms with Crippen LogP contribution in [0.2, 0.25) is 0 Å². The van der Waals surface area contributed by atoms with Gasteiger partial charge in [0, 0.05) is 24.4 Å². The van der Waals surface area contributed by atoms with E-state index >= 15 is 0 Å². The van der Waals surface area contributed by atoms with Crippen molar-refractivity contribution in [2.75, 3.05) is 0 Å². The number of thiophene rings is 1. The highest BCUT2D eigenvalue weighted by Gasteiger charge is 2.14. The first-order chi connectivity index (χ1) is 14.0. The average molecular weight is 410 g/mol. The molecule has 0 aliphatic carbocycles. The Morgan fingerprint density at radius 2 is 2.03 bits per heavy atom. The van der Waals surface area contributed by atoms with E-state index in [2.05, 4.69) is 26.8 Å². The lowest BCUT2D eigenvalue weighted by atomic mass is 10.2. The van der Waals surface area contributed by atoms with Gasteiger partial charge in [-0.05, 0) is 38.5 Å². The molecule has 7 nitrogen and oxygen atoms in total. The van der Waals surface area contributed by atoms with Gasteiger partial charge in [0.05, 0.1) is 29.3 Å². The molecule has 0 bridgehead atoms. The van der Waals surface area contributed by atoms with Gasteiger partial charge in [0.2, 0.25) is 5.91 Å². The molecule has 3 heterocycles. The molecular formula is C21H23N5O2S. The third-order valence-corrected chi connectivity index (χ3v) is 6.34. The number of aryl methyl sites for hydroxylation is 4. The molecule has 1 amide bonds. The first-order valence-electron chi connectivity index (χ1n) is 9.65. The van der Waals surface area contributed by atoms with E-state index < -0.39 is 0 Å². The second-order valence-corrected chi connectivity index (χ2v) is 8.20. The fraction of sp³-hybridized carbons (Fsp3) is 0.333. The van der Waals surface area contributed by atoms with Gasteiger partial charge >= 0.3 is 0 Å². The Balaban J connectivity index is 1.44. The molecule has 8 heteroatoms. The van der Waals surface area contributed by atoms with Crippen LogP contribution in [0.1, 0.15) is 29.6 Å². The number of amides is 1. The summed E-state index contributed by atoms with van der Waals surface area (Å²) in [5, 5.41) is 3.58. The third-order valence-electron chi connectivity index (χ3n) is 5.23. The third kappa shape index (κ3) is 3.55. The Labute approximate surface area is 172 Å². The molecule has 0 saturated heterocycles. The van der Waals surface area contributed by atoms with Crippen molar-refractivity contribution >= 4 is 38.5 Å². The maximum absolute atomic E-state index is 12.7. The van der Waals surface area contributed by atoms with Gasteiger partial charge in [0.25, 0.3) is 5.56 Å². The molecule has 1 N–H and O–H groups in total. The van der Waals surface area contributed by atoms with Crippen molar-refractivity contribution in [3.05, 3.63) is 57.2 Å². The van der Waals surface area contributed by atoms with E-state index in [0.717, 1.165) is 38.7 Å². The van der Waals surface area contributed by atoms with Gasteiger partial charge in [-0.1, -0.05) is 12.1 Å². The van der Waals surface area contributed by atoms with Crippen LogP contribution in [-0.2, 0) is 24.4 Å². The maximum atomic E-state index is 12.7. The Morgan fingerprint density at radius 1 is 1.24 bits per heavy atom. The summed E-state index contributed by atoms with van der Waals surface area (Å²) >= 11 is 1.52. The van der Waals surface area contributed by atoms with Crippen LogP contribution >= 0.6 is 11.3 Å². The Morgan fingerprint density at radius 3 is 2.83 bits per heavy atom. The van der Waals surface area contributed by atoms with Crippen molar-refractivity contribution in [2.45, 2.75) is 46.8 Å². The van der Waals surface area contributed by atoms with E-state index in [9.17, 15) is 9.59 Å². The van der Waals surface area contributed by atoms with Crippen molar-refractivity contribution in [2.24, 2.45) is 0 Å². The Kier molecular flexibility index (Phi) is 5.19. The number of fused-ring (bicyclic) bond motifs is 2. The second-order valence-electron chi connectivity index (χ2n) is 6.99. The topological polar surface area (TPSA) is 81.8 Å². The molecule has 1 aromatic carbocycles. The van der Waals surface area contributed by atoms with Crippen LogP contribution in [0.4, 0.5) is 0 Å². The van der Waals surface area contributed by atoms with Crippen LogP contribution in [-0.4, -0.2) is 25.0 Å². The number of rotatable bonds is 6. The van der Waals surface area contributed by atoms with Gasteiger partial charge in [-0.2, -0.15) is 0 Å². The number of benzene rings is 1. The molecule has 0 aliphatic rings. The average Bonchev–Trinajstić information content (AvgIpc) is 3.22. The molecule has 0 spiro atoms. The molecule has 0 saturated carbocycles. The molecular weight excluding hydrogens is 386 g/mol. The van der Waals surface area contributed by atoms with Crippen molar-refractivity contribution in [3.63, 3.8) is 0 Å². The lowest BCUT2D eigenvalue weighted by Gasteiger charge is -2.09. The van der Waals surface area contributed by atoms with E-state index in [-0.39, 0.29) is 17.9 Å². The first kappa shape index (κ1) is 19.3. The molecule has 0 atom stereocenters. The smallest absolute Gasteiger partial charge is 0.262 e. The van der Waals surface area contributed by atoms with Crippen molar-refractivity contribution in [1.29, 1.82) is 0 Å². The van der Waals surface area contributed by atoms with Crippen LogP contribution in [0.15, 0.2) is 35.4 Å². The monoisotopic (exact) mass is 409 g/mol. The standard InChI is InChI=1S/C21H23N5O2S/c1-4-26-16-8-6-5-7-15(16)24-17(26)11-22-18(27)9-10-25-12-23-20-19(21(25)28)13(2)14(3)29-20/h5-8,12H,4,9-11H2,1-3H3,(H,22,27). The second kappa shape index (κ2) is 7.79. The normalized spacial score (nSPS) is 11.4. The van der Waals surface area contributed by atoms with Crippen LogP contribution < -0.4 is 10.9 Å². The van der Waals surface area contributed by atoms with Gasteiger partial charge in [-0.25, -0.2) is 9.97 Å². The fourth-order valence-electron chi connectivity index (χ4n) is 3.53. The van der Waals surface area contributed by atoms with Gasteiger partial charge in [0.15, 0.2) is 0 Å². The van der Waals surface area contributed by atoms with E-state index in [0.29, 0.717) is 18.5 Å². The highest BCUT2D eigenvalue weighted by atomic mass is 32.1. The summed E-state index contributed by atoms with van der Waals surface area (Å²) in [4.78, 5) is 35.9. The summed E-state index contributed by atoms with van der Waals surface area (Å²) in [7, 11) is 0. The van der Waals surface area contributed by atoms with Crippen LogP contribution in [0, 0.1) is 13.8 Å². The Hall–Kier alpha value is -3.00. The van der Waals surface area contributed by atoms with Crippen LogP contribution in [0.3, 0.4) is 0 Å². The number of hydrogen-bond acceptors (Lipinski definition) is 5. The predicted molar refractivity (Wildman–Crippen MR) is 115 cm³/mol. The lowest BCUT2D eigenvalue weighted by molar-refractivity contribution is -0.121. The number of nitrogens with zero attached hydrogens (tertiary/aromatic N) is 4. The van der Waals surface area contributed by atoms with Crippen molar-refractivity contribution in [3.8, 4) is 0 Å². The first-order valence-corrected chi connectivity index (χ1v) is 10.5. The largest absolute Gasteiger partial charge is 0.349 e. The number of para-hydroxylation sites is 2. The summed E-state index contributed by atoms with van der Waals surface area (Å²) in [6.45, 7) is 7.43. The minimum atomic E-state index is -0.120. The van der Waals surface area contributed by atoms with E-state index in [1.54, 1.807) is 0 Å². The molecule has 29 heavy (non-hydrogen) atoms. The minimum absolute atomic E-state index is 0.0857. The molecule has 3 aromatic heterocycles. The number of hydrogen-bond donors (Lipinski definition) is 1. The lowest BCUT2D eigenvalue weighted by Crippen LogP contribution is -2.28. The van der Waals surface area contributed by atoms with Gasteiger partial charge < -0.3 is 9.88 Å². The fourth-order valence-corrected chi connectivity index (χ4v) is 4.52. The summed E-state index contributed by atoms with van der Waals surface area (Å²) in [5.41, 5.74) is 2.87. The SMILES string of the molecule is CCn1c(CNC(=O)CCn2cnc3sc(C)c(C)c3c2=O)nc2ccccc21. The maximum Gasteiger partial charge on any atom is 0.262 e. The van der Waals surface area contributed by atoms with Crippen LogP contribution in [0.25, 0.3) is 21.3 Å². The van der Waals surface area contributed by atoms with Crippen LogP contribution in [0.5, 0.6) is 0 Å². The number of carbonyl (C=O) groups excluding carboxylic acids is 1. The van der Waals surface area contributed by atoms with Gasteiger partial charge in [-0.15, -0.1) is 11.3 Å². The summed E-state index contributed by atoms with van der Waals surface area (Å²) in [6, 6.07) is 7.94. The molecule has 4 rings (SSSR count). The zero-order valence-corrected chi connectivity index (χ0v) is 17.5. The number of nitrogens with one attached hydrogen (secondary N) is 1. The number of carbonyl (C=O) groups is 1. The molecule has 0 radical (unpaired) electrons. The summed E-state index contributed by atoms with van der Waals surface area (Å²) < 4.78 is 3.61. The molecule has 4 aromatic rings. The molecule has 150 valence electrons. The van der Waals surface area contributed by atoms with Gasteiger partial charge in [-0.3, -0.25) is 14.2 Å². The summed E-state index contributed by atoms with van der Waals surface area (Å²) in [6.07, 6.45) is 1.74. The molecule has 0 fully saturated rings. The van der Waals surface area contributed by atoms with E-state index in [1.807, 2.05) is 38.1 Å². The van der Waals surface area contributed by atoms with Crippen molar-refractivity contribution < 1.29 is 4.79 Å². The summed E-state index contributed by atoms with van der Waals surface area (Å²) in [5.74, 6) is 0.705. The number of imidazole rings is 1. The predicted octanol–water partition coefficient (Wildman–Crippen LogP) is 3.15. The quantitative estimate of drug-likeness (QED) is 0.530. The zero-order valence-electron chi connectivity index (χ0n) is 16.7. The number of aromatic nitrogens is 4. The molecule has 0 unspecified atom stereocenters. The highest BCUT2D eigenvalue weighted by Crippen LogP contribution is 2.25. The van der Waals surface area contributed by atoms with E-state index in [1.165, 1.54) is 22.2 Å². The Bertz CT molecular complexity index is 1270. The van der Waals surface area contributed by atoms with Crippen molar-refractivity contribution in [1.82, 2.24) is 24.4 Å². The van der Waals surface area contributed by atoms with E-state index in [4.69, 9.17) is 0 Å². The molecule has 0 aliphatic heterocycles. The highest BCUT2D eigenvalue weighted by molar-refractivity contribution is 7.18. The zero-order chi connectivity index (χ0) is 20.5. The van der Waals surface area contributed by atoms with Gasteiger partial charge in [0.1, 0.15) is 10.7 Å². The minimum Gasteiger partial charge on any atom is -0.349 e.